The summed E-state index contributed by atoms with van der Waals surface area (Å²) < 4.78 is 16.7. The predicted molar refractivity (Wildman–Crippen MR) is 124 cm³/mol. The van der Waals surface area contributed by atoms with Crippen LogP contribution in [0.5, 0.6) is 11.5 Å². The van der Waals surface area contributed by atoms with E-state index in [-0.39, 0.29) is 24.2 Å². The third-order valence-electron chi connectivity index (χ3n) is 5.76. The van der Waals surface area contributed by atoms with E-state index in [1.807, 2.05) is 26.0 Å². The van der Waals surface area contributed by atoms with Crippen molar-refractivity contribution in [1.82, 2.24) is 9.80 Å². The first kappa shape index (κ1) is 22.5. The van der Waals surface area contributed by atoms with E-state index >= 15 is 0 Å². The van der Waals surface area contributed by atoms with Gasteiger partial charge in [-0.2, -0.15) is 0 Å². The zero-order valence-electron chi connectivity index (χ0n) is 19.2. The summed E-state index contributed by atoms with van der Waals surface area (Å²) in [6, 6.07) is 16.5. The molecule has 0 saturated carbocycles. The molecule has 7 heteroatoms. The topological polar surface area (TPSA) is 72.2 Å². The van der Waals surface area contributed by atoms with Crippen molar-refractivity contribution in [3.05, 3.63) is 82.8 Å². The Balaban J connectivity index is 1.30. The van der Waals surface area contributed by atoms with E-state index in [1.54, 1.807) is 53.3 Å². The molecule has 2 amide bonds. The Labute approximate surface area is 193 Å². The summed E-state index contributed by atoms with van der Waals surface area (Å²) in [5, 5.41) is 0. The van der Waals surface area contributed by atoms with Crippen molar-refractivity contribution in [2.45, 2.75) is 20.5 Å². The first-order valence-corrected chi connectivity index (χ1v) is 11.0. The number of hydrogen-bond donors (Lipinski definition) is 0. The maximum atomic E-state index is 12.9. The normalized spacial score (nSPS) is 13.7. The molecular formula is C26H28N2O5. The van der Waals surface area contributed by atoms with Crippen LogP contribution < -0.4 is 9.47 Å². The molecule has 0 N–H and O–H groups in total. The van der Waals surface area contributed by atoms with E-state index < -0.39 is 0 Å². The average molecular weight is 449 g/mol. The maximum absolute atomic E-state index is 12.9. The molecule has 1 aliphatic rings. The van der Waals surface area contributed by atoms with Crippen molar-refractivity contribution in [2.75, 3.05) is 33.3 Å². The number of carbonyl (C=O) groups is 2. The summed E-state index contributed by atoms with van der Waals surface area (Å²) in [5.41, 5.74) is 2.84. The molecule has 2 heterocycles. The molecule has 0 unspecified atom stereocenters. The minimum atomic E-state index is -0.177. The van der Waals surface area contributed by atoms with Gasteiger partial charge in [-0.3, -0.25) is 9.59 Å². The van der Waals surface area contributed by atoms with Crippen LogP contribution in [0.25, 0.3) is 0 Å². The lowest BCUT2D eigenvalue weighted by Crippen LogP contribution is -2.50. The van der Waals surface area contributed by atoms with Crippen molar-refractivity contribution in [3.63, 3.8) is 0 Å². The lowest BCUT2D eigenvalue weighted by Gasteiger charge is -2.34. The van der Waals surface area contributed by atoms with Crippen LogP contribution in [0, 0.1) is 13.8 Å². The summed E-state index contributed by atoms with van der Waals surface area (Å²) in [6.45, 7) is 6.14. The van der Waals surface area contributed by atoms with Crippen molar-refractivity contribution in [1.29, 1.82) is 0 Å². The summed E-state index contributed by atoms with van der Waals surface area (Å²) >= 11 is 0. The first-order chi connectivity index (χ1) is 15.9. The largest absolute Gasteiger partial charge is 0.497 e. The van der Waals surface area contributed by atoms with Gasteiger partial charge in [0.15, 0.2) is 5.76 Å². The van der Waals surface area contributed by atoms with Gasteiger partial charge in [-0.15, -0.1) is 0 Å². The number of methoxy groups -OCH3 is 1. The molecule has 4 rings (SSSR count). The molecule has 7 nitrogen and oxygen atoms in total. The van der Waals surface area contributed by atoms with Crippen molar-refractivity contribution >= 4 is 11.8 Å². The molecular weight excluding hydrogens is 420 g/mol. The van der Waals surface area contributed by atoms with E-state index in [9.17, 15) is 9.59 Å². The van der Waals surface area contributed by atoms with Crippen LogP contribution >= 0.6 is 0 Å². The second kappa shape index (κ2) is 9.81. The second-order valence-electron chi connectivity index (χ2n) is 8.14. The summed E-state index contributed by atoms with van der Waals surface area (Å²) in [5.74, 6) is 2.15. The molecule has 1 aromatic heterocycles. The van der Waals surface area contributed by atoms with Gasteiger partial charge in [-0.05, 0) is 61.9 Å². The molecule has 0 aliphatic carbocycles. The van der Waals surface area contributed by atoms with Gasteiger partial charge in [0.1, 0.15) is 23.9 Å². The van der Waals surface area contributed by atoms with Gasteiger partial charge >= 0.3 is 0 Å². The van der Waals surface area contributed by atoms with Gasteiger partial charge in [0.05, 0.1) is 7.11 Å². The highest BCUT2D eigenvalue weighted by molar-refractivity contribution is 5.95. The van der Waals surface area contributed by atoms with E-state index in [1.165, 1.54) is 5.56 Å². The summed E-state index contributed by atoms with van der Waals surface area (Å²) in [4.78, 5) is 29.1. The number of piperazine rings is 1. The molecule has 0 atom stereocenters. The van der Waals surface area contributed by atoms with Crippen molar-refractivity contribution in [2.24, 2.45) is 0 Å². The lowest BCUT2D eigenvalue weighted by molar-refractivity contribution is 0.0516. The Morgan fingerprint density at radius 2 is 1.55 bits per heavy atom. The third kappa shape index (κ3) is 5.19. The Morgan fingerprint density at radius 3 is 2.18 bits per heavy atom. The molecule has 1 fully saturated rings. The summed E-state index contributed by atoms with van der Waals surface area (Å²) in [6.07, 6.45) is 0. The number of benzene rings is 2. The van der Waals surface area contributed by atoms with Crippen LogP contribution in [0.1, 0.15) is 37.8 Å². The molecule has 0 radical (unpaired) electrons. The van der Waals surface area contributed by atoms with Gasteiger partial charge in [0, 0.05) is 31.7 Å². The number of carbonyl (C=O) groups excluding carboxylic acids is 2. The van der Waals surface area contributed by atoms with Gasteiger partial charge in [0.2, 0.25) is 0 Å². The van der Waals surface area contributed by atoms with Gasteiger partial charge in [0.25, 0.3) is 11.8 Å². The number of aryl methyl sites for hydroxylation is 2. The Morgan fingerprint density at radius 1 is 0.879 bits per heavy atom. The number of ether oxygens (including phenoxy) is 2. The maximum Gasteiger partial charge on any atom is 0.289 e. The fourth-order valence-electron chi connectivity index (χ4n) is 3.87. The summed E-state index contributed by atoms with van der Waals surface area (Å²) in [7, 11) is 1.59. The molecule has 3 aromatic rings. The SMILES string of the molecule is COc1ccc(C(=O)N2CCN(C(=O)c3ccc(COc4ccc(C)cc4C)o3)CC2)cc1. The first-order valence-electron chi connectivity index (χ1n) is 11.0. The average Bonchev–Trinajstić information content (AvgIpc) is 3.32. The molecule has 33 heavy (non-hydrogen) atoms. The Kier molecular flexibility index (Phi) is 6.68. The Bertz CT molecular complexity index is 1130. The number of rotatable bonds is 6. The van der Waals surface area contributed by atoms with Crippen molar-refractivity contribution < 1.29 is 23.5 Å². The third-order valence-corrected chi connectivity index (χ3v) is 5.76. The molecule has 1 saturated heterocycles. The number of furan rings is 1. The molecule has 0 spiro atoms. The zero-order valence-corrected chi connectivity index (χ0v) is 19.2. The van der Waals surface area contributed by atoms with E-state index in [4.69, 9.17) is 13.9 Å². The zero-order chi connectivity index (χ0) is 23.4. The highest BCUT2D eigenvalue weighted by Crippen LogP contribution is 2.21. The Hall–Kier alpha value is -3.74. The predicted octanol–water partition coefficient (Wildman–Crippen LogP) is 4.08. The van der Waals surface area contributed by atoms with Crippen LogP contribution in [0.3, 0.4) is 0 Å². The molecule has 172 valence electrons. The molecule has 0 bridgehead atoms. The minimum Gasteiger partial charge on any atom is -0.497 e. The van der Waals surface area contributed by atoms with E-state index in [0.29, 0.717) is 43.3 Å². The van der Waals surface area contributed by atoms with Crippen LogP contribution in [-0.4, -0.2) is 54.9 Å². The van der Waals surface area contributed by atoms with E-state index in [0.717, 1.165) is 11.3 Å². The fourth-order valence-corrected chi connectivity index (χ4v) is 3.87. The van der Waals surface area contributed by atoms with Crippen LogP contribution in [0.2, 0.25) is 0 Å². The minimum absolute atomic E-state index is 0.0476. The number of nitrogens with zero attached hydrogens (tertiary/aromatic N) is 2. The molecule has 2 aromatic carbocycles. The van der Waals surface area contributed by atoms with Crippen molar-refractivity contribution in [3.8, 4) is 11.5 Å². The van der Waals surface area contributed by atoms with Gasteiger partial charge in [-0.25, -0.2) is 0 Å². The highest BCUT2D eigenvalue weighted by atomic mass is 16.5. The standard InChI is InChI=1S/C26H28N2O5/c1-18-4-10-23(19(2)16-18)32-17-22-9-11-24(33-22)26(30)28-14-12-27(13-15-28)25(29)20-5-7-21(31-3)8-6-20/h4-11,16H,12-15,17H2,1-3H3. The molecule has 1 aliphatic heterocycles. The lowest BCUT2D eigenvalue weighted by atomic mass is 10.1. The highest BCUT2D eigenvalue weighted by Gasteiger charge is 2.27. The van der Waals surface area contributed by atoms with E-state index in [2.05, 4.69) is 6.07 Å². The second-order valence-corrected chi connectivity index (χ2v) is 8.14. The van der Waals surface area contributed by atoms with Crippen LogP contribution in [0.15, 0.2) is 59.0 Å². The quantitative estimate of drug-likeness (QED) is 0.568. The smallest absolute Gasteiger partial charge is 0.289 e. The van der Waals surface area contributed by atoms with Crippen LogP contribution in [-0.2, 0) is 6.61 Å². The van der Waals surface area contributed by atoms with Gasteiger partial charge < -0.3 is 23.7 Å². The van der Waals surface area contributed by atoms with Crippen LogP contribution in [0.4, 0.5) is 0 Å². The fraction of sp³-hybridized carbons (Fsp3) is 0.308. The number of amides is 2. The number of hydrogen-bond acceptors (Lipinski definition) is 5. The van der Waals surface area contributed by atoms with Gasteiger partial charge in [-0.1, -0.05) is 17.7 Å². The monoisotopic (exact) mass is 448 g/mol.